The molecule has 1 heterocycles. The first-order valence-electron chi connectivity index (χ1n) is 5.12. The highest BCUT2D eigenvalue weighted by Crippen LogP contribution is 2.21. The summed E-state index contributed by atoms with van der Waals surface area (Å²) in [6.45, 7) is 2.81. The number of nitrogens with zero attached hydrogens (tertiary/aromatic N) is 1. The van der Waals surface area contributed by atoms with Gasteiger partial charge in [0.25, 0.3) is 0 Å². The minimum Gasteiger partial charge on any atom is -0.374 e. The summed E-state index contributed by atoms with van der Waals surface area (Å²) in [6.07, 6.45) is -4.62. The maximum absolute atomic E-state index is 11.9. The first kappa shape index (κ1) is 12.7. The zero-order valence-electron chi connectivity index (χ0n) is 8.59. The summed E-state index contributed by atoms with van der Waals surface area (Å²) in [7, 11) is 0. The van der Waals surface area contributed by atoms with Crippen molar-refractivity contribution in [1.29, 1.82) is 0 Å². The van der Waals surface area contributed by atoms with Gasteiger partial charge in [0.1, 0.15) is 0 Å². The molecule has 15 heavy (non-hydrogen) atoms. The molecule has 0 saturated carbocycles. The van der Waals surface area contributed by atoms with Crippen molar-refractivity contribution < 1.29 is 17.9 Å². The van der Waals surface area contributed by atoms with Crippen LogP contribution in [0.25, 0.3) is 0 Å². The Morgan fingerprint density at radius 1 is 1.40 bits per heavy atom. The van der Waals surface area contributed by atoms with E-state index in [1.807, 2.05) is 4.90 Å². The molecule has 1 fully saturated rings. The Balaban J connectivity index is 2.15. The zero-order chi connectivity index (χ0) is 11.3. The fourth-order valence-electron chi connectivity index (χ4n) is 1.63. The SMILES string of the molecule is NCC1CN(CCCC(F)(F)F)CCO1. The van der Waals surface area contributed by atoms with Crippen LogP contribution in [0.4, 0.5) is 13.2 Å². The van der Waals surface area contributed by atoms with E-state index in [4.69, 9.17) is 10.5 Å². The summed E-state index contributed by atoms with van der Waals surface area (Å²) < 4.78 is 41.0. The molecular weight excluding hydrogens is 209 g/mol. The minimum atomic E-state index is -4.04. The van der Waals surface area contributed by atoms with Gasteiger partial charge >= 0.3 is 6.18 Å². The molecule has 6 heteroatoms. The van der Waals surface area contributed by atoms with Crippen LogP contribution in [0, 0.1) is 0 Å². The molecule has 90 valence electrons. The number of alkyl halides is 3. The summed E-state index contributed by atoms with van der Waals surface area (Å²) >= 11 is 0. The molecule has 1 aliphatic rings. The molecule has 1 unspecified atom stereocenters. The van der Waals surface area contributed by atoms with Crippen LogP contribution in [0.1, 0.15) is 12.8 Å². The van der Waals surface area contributed by atoms with Crippen LogP contribution >= 0.6 is 0 Å². The van der Waals surface area contributed by atoms with Crippen molar-refractivity contribution in [2.24, 2.45) is 5.73 Å². The Morgan fingerprint density at radius 2 is 2.13 bits per heavy atom. The van der Waals surface area contributed by atoms with Gasteiger partial charge < -0.3 is 10.5 Å². The van der Waals surface area contributed by atoms with E-state index < -0.39 is 12.6 Å². The highest BCUT2D eigenvalue weighted by atomic mass is 19.4. The van der Waals surface area contributed by atoms with Crippen LogP contribution in [0.5, 0.6) is 0 Å². The van der Waals surface area contributed by atoms with Gasteiger partial charge in [0, 0.05) is 26.1 Å². The summed E-state index contributed by atoms with van der Waals surface area (Å²) in [4.78, 5) is 1.98. The number of halogens is 3. The Morgan fingerprint density at radius 3 is 2.73 bits per heavy atom. The Hall–Kier alpha value is -0.330. The molecular formula is C9H17F3N2O. The second-order valence-electron chi connectivity index (χ2n) is 3.75. The Kier molecular flexibility index (Phi) is 4.82. The molecule has 0 bridgehead atoms. The standard InChI is InChI=1S/C9H17F3N2O/c10-9(11,12)2-1-3-14-4-5-15-8(6-13)7-14/h8H,1-7,13H2. The number of rotatable bonds is 4. The molecule has 0 aliphatic carbocycles. The van der Waals surface area contributed by atoms with E-state index in [9.17, 15) is 13.2 Å². The third-order valence-corrected chi connectivity index (χ3v) is 2.42. The number of nitrogens with two attached hydrogens (primary N) is 1. The van der Waals surface area contributed by atoms with Crippen LogP contribution in [-0.2, 0) is 4.74 Å². The molecule has 0 aromatic rings. The van der Waals surface area contributed by atoms with Crippen LogP contribution in [0.2, 0.25) is 0 Å². The van der Waals surface area contributed by atoms with Gasteiger partial charge in [0.2, 0.25) is 0 Å². The molecule has 0 spiro atoms. The third kappa shape index (κ3) is 5.34. The number of ether oxygens (including phenoxy) is 1. The van der Waals surface area contributed by atoms with Crippen molar-refractivity contribution >= 4 is 0 Å². The van der Waals surface area contributed by atoms with Gasteiger partial charge in [-0.2, -0.15) is 13.2 Å². The lowest BCUT2D eigenvalue weighted by molar-refractivity contribution is -0.136. The van der Waals surface area contributed by atoms with E-state index in [2.05, 4.69) is 0 Å². The molecule has 0 aromatic carbocycles. The smallest absolute Gasteiger partial charge is 0.374 e. The first-order valence-corrected chi connectivity index (χ1v) is 5.12. The van der Waals surface area contributed by atoms with Gasteiger partial charge in [-0.05, 0) is 13.0 Å². The number of morpholine rings is 1. The Labute approximate surface area is 87.4 Å². The molecule has 1 atom stereocenters. The van der Waals surface area contributed by atoms with Crippen LogP contribution in [0.15, 0.2) is 0 Å². The highest BCUT2D eigenvalue weighted by molar-refractivity contribution is 4.72. The lowest BCUT2D eigenvalue weighted by Gasteiger charge is -2.32. The van der Waals surface area contributed by atoms with Crippen molar-refractivity contribution in [2.75, 3.05) is 32.8 Å². The van der Waals surface area contributed by atoms with E-state index >= 15 is 0 Å². The molecule has 0 radical (unpaired) electrons. The van der Waals surface area contributed by atoms with Crippen LogP contribution in [0.3, 0.4) is 0 Å². The topological polar surface area (TPSA) is 38.5 Å². The summed E-state index contributed by atoms with van der Waals surface area (Å²) in [5, 5.41) is 0. The molecule has 1 aliphatic heterocycles. The second kappa shape index (κ2) is 5.67. The maximum atomic E-state index is 11.9. The summed E-state index contributed by atoms with van der Waals surface area (Å²) in [5.41, 5.74) is 5.43. The quantitative estimate of drug-likeness (QED) is 0.777. The largest absolute Gasteiger partial charge is 0.389 e. The monoisotopic (exact) mass is 226 g/mol. The average molecular weight is 226 g/mol. The number of hydrogen-bond acceptors (Lipinski definition) is 3. The van der Waals surface area contributed by atoms with Crippen molar-refractivity contribution in [3.63, 3.8) is 0 Å². The molecule has 2 N–H and O–H groups in total. The maximum Gasteiger partial charge on any atom is 0.389 e. The van der Waals surface area contributed by atoms with Crippen LogP contribution in [-0.4, -0.2) is 50.0 Å². The number of hydrogen-bond donors (Lipinski definition) is 1. The molecule has 0 amide bonds. The van der Waals surface area contributed by atoms with E-state index in [1.54, 1.807) is 0 Å². The minimum absolute atomic E-state index is 0.0235. The average Bonchev–Trinajstić information content (AvgIpc) is 2.16. The van der Waals surface area contributed by atoms with Gasteiger partial charge in [-0.25, -0.2) is 0 Å². The first-order chi connectivity index (χ1) is 7.01. The van der Waals surface area contributed by atoms with Crippen molar-refractivity contribution in [1.82, 2.24) is 4.90 Å². The van der Waals surface area contributed by atoms with Gasteiger partial charge in [0.05, 0.1) is 12.7 Å². The van der Waals surface area contributed by atoms with E-state index in [0.717, 1.165) is 0 Å². The van der Waals surface area contributed by atoms with Gasteiger partial charge in [-0.1, -0.05) is 0 Å². The summed E-state index contributed by atoms with van der Waals surface area (Å²) in [5.74, 6) is 0. The normalized spacial score (nSPS) is 24.4. The molecule has 1 rings (SSSR count). The van der Waals surface area contributed by atoms with Crippen molar-refractivity contribution in [3.05, 3.63) is 0 Å². The zero-order valence-corrected chi connectivity index (χ0v) is 8.59. The lowest BCUT2D eigenvalue weighted by Crippen LogP contribution is -2.45. The molecule has 3 nitrogen and oxygen atoms in total. The third-order valence-electron chi connectivity index (χ3n) is 2.42. The summed E-state index contributed by atoms with van der Waals surface area (Å²) in [6, 6.07) is 0. The second-order valence-corrected chi connectivity index (χ2v) is 3.75. The molecule has 0 aromatic heterocycles. The lowest BCUT2D eigenvalue weighted by atomic mass is 10.2. The van der Waals surface area contributed by atoms with E-state index in [-0.39, 0.29) is 12.5 Å². The van der Waals surface area contributed by atoms with E-state index in [1.165, 1.54) is 0 Å². The predicted octanol–water partition coefficient (Wildman–Crippen LogP) is 0.988. The van der Waals surface area contributed by atoms with Crippen LogP contribution < -0.4 is 5.73 Å². The Bertz CT molecular complexity index is 187. The van der Waals surface area contributed by atoms with Gasteiger partial charge in [0.15, 0.2) is 0 Å². The fraction of sp³-hybridized carbons (Fsp3) is 1.00. The van der Waals surface area contributed by atoms with Gasteiger partial charge in [-0.15, -0.1) is 0 Å². The fourth-order valence-corrected chi connectivity index (χ4v) is 1.63. The van der Waals surface area contributed by atoms with E-state index in [0.29, 0.717) is 32.8 Å². The van der Waals surface area contributed by atoms with Gasteiger partial charge in [-0.3, -0.25) is 4.90 Å². The predicted molar refractivity (Wildman–Crippen MR) is 50.5 cm³/mol. The molecule has 1 saturated heterocycles. The van der Waals surface area contributed by atoms with Crippen molar-refractivity contribution in [2.45, 2.75) is 25.1 Å². The highest BCUT2D eigenvalue weighted by Gasteiger charge is 2.27. The van der Waals surface area contributed by atoms with Crippen molar-refractivity contribution in [3.8, 4) is 0 Å².